The third-order valence-electron chi connectivity index (χ3n) is 5.80. The number of benzene rings is 2. The first-order valence-electron chi connectivity index (χ1n) is 11.0. The third-order valence-corrected chi connectivity index (χ3v) is 5.80. The molecule has 0 saturated carbocycles. The third kappa shape index (κ3) is 4.91. The Morgan fingerprint density at radius 1 is 0.971 bits per heavy atom. The summed E-state index contributed by atoms with van der Waals surface area (Å²) in [6.45, 7) is 2.03. The predicted molar refractivity (Wildman–Crippen MR) is 125 cm³/mol. The number of fused-ring (bicyclic) bond motifs is 1. The number of pyridine rings is 1. The van der Waals surface area contributed by atoms with Crippen LogP contribution in [0.15, 0.2) is 72.9 Å². The number of alkyl halides is 3. The number of carbonyl (C=O) groups excluding carboxylic acids is 2. The van der Waals surface area contributed by atoms with Gasteiger partial charge in [-0.1, -0.05) is 55.5 Å². The summed E-state index contributed by atoms with van der Waals surface area (Å²) in [5.74, 6) is -1.62. The minimum Gasteiger partial charge on any atom is -0.487 e. The summed E-state index contributed by atoms with van der Waals surface area (Å²) >= 11 is 0. The Bertz CT molecular complexity index is 1390. The normalized spacial score (nSPS) is 11.5. The molecule has 0 bridgehead atoms. The topological polar surface area (TPSA) is 73.8 Å². The summed E-state index contributed by atoms with van der Waals surface area (Å²) in [4.78, 5) is 24.8. The second kappa shape index (κ2) is 9.66. The Labute approximate surface area is 199 Å². The van der Waals surface area contributed by atoms with Crippen molar-refractivity contribution >= 4 is 17.2 Å². The zero-order valence-corrected chi connectivity index (χ0v) is 18.9. The molecule has 35 heavy (non-hydrogen) atoms. The van der Waals surface area contributed by atoms with Crippen molar-refractivity contribution in [2.24, 2.45) is 5.73 Å². The van der Waals surface area contributed by atoms with Gasteiger partial charge < -0.3 is 14.9 Å². The highest BCUT2D eigenvalue weighted by Gasteiger charge is 2.31. The molecule has 2 aromatic heterocycles. The minimum absolute atomic E-state index is 0.114. The van der Waals surface area contributed by atoms with Gasteiger partial charge in [-0.2, -0.15) is 13.2 Å². The van der Waals surface area contributed by atoms with Gasteiger partial charge in [0.2, 0.25) is 0 Å². The molecule has 0 unspecified atom stereocenters. The van der Waals surface area contributed by atoms with Crippen molar-refractivity contribution in [1.29, 1.82) is 0 Å². The number of nitrogens with two attached hydrogens (primary N) is 1. The number of hydrogen-bond donors (Lipinski definition) is 1. The van der Waals surface area contributed by atoms with Crippen LogP contribution in [0.25, 0.3) is 5.52 Å². The number of rotatable bonds is 8. The number of ether oxygens (including phenoxy) is 1. The van der Waals surface area contributed by atoms with Crippen molar-refractivity contribution in [2.75, 3.05) is 0 Å². The quantitative estimate of drug-likeness (QED) is 0.273. The van der Waals surface area contributed by atoms with Gasteiger partial charge in [0, 0.05) is 18.3 Å². The van der Waals surface area contributed by atoms with Crippen LogP contribution in [0.5, 0.6) is 5.75 Å². The molecule has 2 aromatic carbocycles. The number of ketones is 1. The van der Waals surface area contributed by atoms with Crippen LogP contribution in [0.3, 0.4) is 0 Å². The van der Waals surface area contributed by atoms with Crippen LogP contribution in [0.2, 0.25) is 0 Å². The minimum atomic E-state index is -4.48. The molecule has 1 amide bonds. The number of primary amides is 1. The fraction of sp³-hybridized carbons (Fsp3) is 0.185. The summed E-state index contributed by atoms with van der Waals surface area (Å²) < 4.78 is 47.5. The standard InChI is InChI=1S/C27H23F3N2O3/c1-2-20-21(15-18-10-6-11-19(14-18)27(28,29)30)32-13-7-12-22(24(32)23(20)25(33)26(31)34)35-16-17-8-4-3-5-9-17/h3-14H,2,15-16H2,1H3,(H2,31,34). The summed E-state index contributed by atoms with van der Waals surface area (Å²) in [5.41, 5.74) is 7.55. The van der Waals surface area contributed by atoms with Gasteiger partial charge in [0.05, 0.1) is 16.6 Å². The molecular formula is C27H23F3N2O3. The molecule has 0 radical (unpaired) electrons. The van der Waals surface area contributed by atoms with Gasteiger partial charge in [0.25, 0.3) is 11.7 Å². The van der Waals surface area contributed by atoms with Crippen LogP contribution in [0.1, 0.15) is 45.2 Å². The molecule has 0 spiro atoms. The summed E-state index contributed by atoms with van der Waals surface area (Å²) in [6, 6.07) is 17.9. The number of aromatic nitrogens is 1. The van der Waals surface area contributed by atoms with E-state index in [0.29, 0.717) is 34.5 Å². The SMILES string of the molecule is CCc1c(C(=O)C(N)=O)c2c(OCc3ccccc3)cccn2c1Cc1cccc(C(F)(F)F)c1. The van der Waals surface area contributed by atoms with E-state index in [4.69, 9.17) is 10.5 Å². The summed E-state index contributed by atoms with van der Waals surface area (Å²) in [7, 11) is 0. The van der Waals surface area contributed by atoms with Crippen LogP contribution in [-0.4, -0.2) is 16.1 Å². The largest absolute Gasteiger partial charge is 0.487 e. The van der Waals surface area contributed by atoms with Crippen LogP contribution >= 0.6 is 0 Å². The molecule has 0 aliphatic rings. The van der Waals surface area contributed by atoms with Crippen molar-refractivity contribution in [3.8, 4) is 5.75 Å². The van der Waals surface area contributed by atoms with E-state index in [2.05, 4.69) is 0 Å². The van der Waals surface area contributed by atoms with Crippen molar-refractivity contribution in [1.82, 2.24) is 4.40 Å². The molecule has 0 aliphatic carbocycles. The lowest BCUT2D eigenvalue weighted by Crippen LogP contribution is -2.24. The first-order chi connectivity index (χ1) is 16.7. The van der Waals surface area contributed by atoms with Gasteiger partial charge in [0.1, 0.15) is 12.4 Å². The number of halogens is 3. The van der Waals surface area contributed by atoms with Crippen molar-refractivity contribution in [3.05, 3.63) is 106 Å². The van der Waals surface area contributed by atoms with E-state index in [-0.39, 0.29) is 18.6 Å². The molecule has 2 heterocycles. The average molecular weight is 480 g/mol. The number of nitrogens with zero attached hydrogens (tertiary/aromatic N) is 1. The second-order valence-corrected chi connectivity index (χ2v) is 8.09. The number of Topliss-reactive ketones (excluding diaryl/α,β-unsaturated/α-hetero) is 1. The Balaban J connectivity index is 1.86. The molecule has 0 fully saturated rings. The molecule has 8 heteroatoms. The average Bonchev–Trinajstić information content (AvgIpc) is 3.16. The molecule has 0 aliphatic heterocycles. The molecular weight excluding hydrogens is 457 g/mol. The Morgan fingerprint density at radius 2 is 1.69 bits per heavy atom. The monoisotopic (exact) mass is 480 g/mol. The van der Waals surface area contributed by atoms with Crippen molar-refractivity contribution in [2.45, 2.75) is 32.5 Å². The Kier molecular flexibility index (Phi) is 6.64. The summed E-state index contributed by atoms with van der Waals surface area (Å²) in [6.07, 6.45) is -2.30. The molecule has 180 valence electrons. The molecule has 5 nitrogen and oxygen atoms in total. The molecule has 2 N–H and O–H groups in total. The maximum absolute atomic E-state index is 13.3. The van der Waals surface area contributed by atoms with Gasteiger partial charge in [0.15, 0.2) is 0 Å². The lowest BCUT2D eigenvalue weighted by molar-refractivity contribution is -0.137. The molecule has 4 aromatic rings. The zero-order valence-electron chi connectivity index (χ0n) is 18.9. The molecule has 4 rings (SSSR count). The van der Waals surface area contributed by atoms with Crippen LogP contribution in [-0.2, 0) is 30.4 Å². The van der Waals surface area contributed by atoms with E-state index in [0.717, 1.165) is 17.7 Å². The van der Waals surface area contributed by atoms with E-state index in [9.17, 15) is 22.8 Å². The van der Waals surface area contributed by atoms with Gasteiger partial charge in [-0.25, -0.2) is 0 Å². The second-order valence-electron chi connectivity index (χ2n) is 8.09. The van der Waals surface area contributed by atoms with Crippen molar-refractivity contribution in [3.63, 3.8) is 0 Å². The highest BCUT2D eigenvalue weighted by molar-refractivity contribution is 6.44. The van der Waals surface area contributed by atoms with Gasteiger partial charge in [-0.05, 0) is 41.3 Å². The van der Waals surface area contributed by atoms with Crippen LogP contribution in [0, 0.1) is 0 Å². The smallest absolute Gasteiger partial charge is 0.416 e. The first kappa shape index (κ1) is 24.1. The highest BCUT2D eigenvalue weighted by Crippen LogP contribution is 2.35. The maximum atomic E-state index is 13.3. The molecule has 0 saturated heterocycles. The zero-order chi connectivity index (χ0) is 25.2. The van der Waals surface area contributed by atoms with E-state index in [1.807, 2.05) is 37.3 Å². The fourth-order valence-electron chi connectivity index (χ4n) is 4.23. The Hall–Kier alpha value is -4.07. The highest BCUT2D eigenvalue weighted by atomic mass is 19.4. The van der Waals surface area contributed by atoms with E-state index >= 15 is 0 Å². The van der Waals surface area contributed by atoms with Gasteiger partial charge in [-0.15, -0.1) is 0 Å². The predicted octanol–water partition coefficient (Wildman–Crippen LogP) is 5.36. The maximum Gasteiger partial charge on any atom is 0.416 e. The molecule has 0 atom stereocenters. The van der Waals surface area contributed by atoms with E-state index in [1.54, 1.807) is 28.8 Å². The first-order valence-corrected chi connectivity index (χ1v) is 11.0. The van der Waals surface area contributed by atoms with Crippen LogP contribution in [0.4, 0.5) is 13.2 Å². The van der Waals surface area contributed by atoms with Crippen molar-refractivity contribution < 1.29 is 27.5 Å². The van der Waals surface area contributed by atoms with Gasteiger partial charge in [-0.3, -0.25) is 9.59 Å². The fourth-order valence-corrected chi connectivity index (χ4v) is 4.23. The van der Waals surface area contributed by atoms with Crippen LogP contribution < -0.4 is 10.5 Å². The lowest BCUT2D eigenvalue weighted by Gasteiger charge is -2.11. The summed E-state index contributed by atoms with van der Waals surface area (Å²) in [5, 5.41) is 0. The number of hydrogen-bond acceptors (Lipinski definition) is 3. The number of carbonyl (C=O) groups is 2. The lowest BCUT2D eigenvalue weighted by atomic mass is 9.98. The van der Waals surface area contributed by atoms with E-state index < -0.39 is 23.4 Å². The Morgan fingerprint density at radius 3 is 2.34 bits per heavy atom. The van der Waals surface area contributed by atoms with Gasteiger partial charge >= 0.3 is 6.18 Å². The van der Waals surface area contributed by atoms with E-state index in [1.165, 1.54) is 6.07 Å². The number of amides is 1.